The predicted molar refractivity (Wildman–Crippen MR) is 114 cm³/mol. The molecule has 3 aromatic rings. The second-order valence-electron chi connectivity index (χ2n) is 6.61. The molecule has 1 aromatic heterocycles. The van der Waals surface area contributed by atoms with Gasteiger partial charge in [0.2, 0.25) is 0 Å². The molecule has 3 rings (SSSR count). The molecule has 0 spiro atoms. The Bertz CT molecular complexity index is 978. The molecule has 160 valence electrons. The molecule has 0 aliphatic carbocycles. The Morgan fingerprint density at radius 3 is 2.35 bits per heavy atom. The first kappa shape index (κ1) is 21.7. The molecule has 1 heterocycles. The number of nitrogens with one attached hydrogen (secondary N) is 2. The Hall–Kier alpha value is -4.01. The van der Waals surface area contributed by atoms with E-state index >= 15 is 0 Å². The van der Waals surface area contributed by atoms with Crippen molar-refractivity contribution in [3.05, 3.63) is 66.5 Å². The van der Waals surface area contributed by atoms with Crippen LogP contribution < -0.4 is 10.6 Å². The van der Waals surface area contributed by atoms with E-state index in [1.807, 2.05) is 67.6 Å². The van der Waals surface area contributed by atoms with Crippen LogP contribution in [-0.2, 0) is 9.53 Å². The highest BCUT2D eigenvalue weighted by molar-refractivity contribution is 5.96. The Morgan fingerprint density at radius 1 is 1.00 bits per heavy atom. The fraction of sp³-hybridized carbons (Fsp3) is 0.227. The number of unbranched alkanes of at least 4 members (excludes halogenated alkanes) is 1. The second-order valence-corrected chi connectivity index (χ2v) is 6.61. The Kier molecular flexibility index (Phi) is 7.47. The standard InChI is InChI=1S/C22H23N5O4/c1-2-3-14-23-22(30)24-18(28)15-31-21(29)19-25-20(16-10-6-4-7-11-16)27(26-19)17-12-8-5-9-13-17/h4-13H,2-3,14-15H2,1H3,(H2,23,24,28,30). The minimum absolute atomic E-state index is 0.192. The van der Waals surface area contributed by atoms with Gasteiger partial charge in [0.15, 0.2) is 12.4 Å². The fourth-order valence-corrected chi connectivity index (χ4v) is 2.70. The third-order valence-corrected chi connectivity index (χ3v) is 4.23. The number of esters is 1. The molecule has 0 radical (unpaired) electrons. The molecule has 31 heavy (non-hydrogen) atoms. The first-order valence-corrected chi connectivity index (χ1v) is 9.91. The van der Waals surface area contributed by atoms with Crippen molar-refractivity contribution in [2.45, 2.75) is 19.8 Å². The lowest BCUT2D eigenvalue weighted by Crippen LogP contribution is -2.41. The smallest absolute Gasteiger partial charge is 0.378 e. The molecule has 0 fully saturated rings. The van der Waals surface area contributed by atoms with E-state index in [0.717, 1.165) is 24.1 Å². The topological polar surface area (TPSA) is 115 Å². The van der Waals surface area contributed by atoms with Gasteiger partial charge >= 0.3 is 12.0 Å². The number of carbonyl (C=O) groups is 3. The van der Waals surface area contributed by atoms with Crippen LogP contribution in [0.5, 0.6) is 0 Å². The SMILES string of the molecule is CCCCNC(=O)NC(=O)COC(=O)c1nc(-c2ccccc2)n(-c2ccccc2)n1. The maximum Gasteiger partial charge on any atom is 0.378 e. The summed E-state index contributed by atoms with van der Waals surface area (Å²) in [5.41, 5.74) is 1.48. The molecule has 0 aliphatic heterocycles. The molecular weight excluding hydrogens is 398 g/mol. The Labute approximate surface area is 179 Å². The summed E-state index contributed by atoms with van der Waals surface area (Å²) >= 11 is 0. The molecule has 0 unspecified atom stereocenters. The van der Waals surface area contributed by atoms with Crippen LogP contribution in [0.3, 0.4) is 0 Å². The van der Waals surface area contributed by atoms with Gasteiger partial charge in [-0.1, -0.05) is 61.9 Å². The van der Waals surface area contributed by atoms with Crippen molar-refractivity contribution in [3.63, 3.8) is 0 Å². The number of nitrogens with zero attached hydrogens (tertiary/aromatic N) is 3. The molecule has 9 heteroatoms. The number of para-hydroxylation sites is 1. The first-order valence-electron chi connectivity index (χ1n) is 9.91. The van der Waals surface area contributed by atoms with E-state index in [-0.39, 0.29) is 5.82 Å². The van der Waals surface area contributed by atoms with Crippen LogP contribution in [0.1, 0.15) is 30.4 Å². The minimum Gasteiger partial charge on any atom is -0.450 e. The number of aromatic nitrogens is 3. The number of benzene rings is 2. The van der Waals surface area contributed by atoms with Crippen molar-refractivity contribution in [1.29, 1.82) is 0 Å². The summed E-state index contributed by atoms with van der Waals surface area (Å²) in [6.07, 6.45) is 1.72. The van der Waals surface area contributed by atoms with Gasteiger partial charge < -0.3 is 10.1 Å². The first-order chi connectivity index (χ1) is 15.1. The molecule has 0 saturated heterocycles. The number of hydrogen-bond donors (Lipinski definition) is 2. The van der Waals surface area contributed by atoms with Crippen LogP contribution in [0.25, 0.3) is 17.1 Å². The third kappa shape index (κ3) is 5.99. The lowest BCUT2D eigenvalue weighted by atomic mass is 10.2. The summed E-state index contributed by atoms with van der Waals surface area (Å²) in [6, 6.07) is 17.9. The largest absolute Gasteiger partial charge is 0.450 e. The van der Waals surface area contributed by atoms with Crippen molar-refractivity contribution in [3.8, 4) is 17.1 Å². The quantitative estimate of drug-likeness (QED) is 0.427. The zero-order valence-electron chi connectivity index (χ0n) is 17.1. The van der Waals surface area contributed by atoms with Gasteiger partial charge in [0.1, 0.15) is 0 Å². The average molecular weight is 421 g/mol. The number of ether oxygens (including phenoxy) is 1. The van der Waals surface area contributed by atoms with E-state index in [0.29, 0.717) is 12.4 Å². The van der Waals surface area contributed by atoms with Crippen molar-refractivity contribution in [2.24, 2.45) is 0 Å². The van der Waals surface area contributed by atoms with Crippen LogP contribution in [0.2, 0.25) is 0 Å². The lowest BCUT2D eigenvalue weighted by Gasteiger charge is -2.06. The fourth-order valence-electron chi connectivity index (χ4n) is 2.70. The molecule has 9 nitrogen and oxygen atoms in total. The lowest BCUT2D eigenvalue weighted by molar-refractivity contribution is -0.123. The Morgan fingerprint density at radius 2 is 1.68 bits per heavy atom. The average Bonchev–Trinajstić information content (AvgIpc) is 3.24. The van der Waals surface area contributed by atoms with Crippen LogP contribution >= 0.6 is 0 Å². The molecule has 0 saturated carbocycles. The van der Waals surface area contributed by atoms with Gasteiger partial charge in [-0.05, 0) is 18.6 Å². The van der Waals surface area contributed by atoms with Crippen molar-refractivity contribution < 1.29 is 19.1 Å². The van der Waals surface area contributed by atoms with Crippen molar-refractivity contribution >= 4 is 17.9 Å². The summed E-state index contributed by atoms with van der Waals surface area (Å²) in [6.45, 7) is 1.82. The number of hydrogen-bond acceptors (Lipinski definition) is 6. The number of amides is 3. The molecule has 2 N–H and O–H groups in total. The number of urea groups is 1. The van der Waals surface area contributed by atoms with Crippen molar-refractivity contribution in [1.82, 2.24) is 25.4 Å². The van der Waals surface area contributed by atoms with E-state index in [4.69, 9.17) is 4.74 Å². The van der Waals surface area contributed by atoms with E-state index in [1.165, 1.54) is 4.68 Å². The van der Waals surface area contributed by atoms with E-state index in [2.05, 4.69) is 20.7 Å². The summed E-state index contributed by atoms with van der Waals surface area (Å²) in [5, 5.41) is 8.91. The maximum absolute atomic E-state index is 12.4. The summed E-state index contributed by atoms with van der Waals surface area (Å²) in [5.74, 6) is -1.34. The molecule has 0 atom stereocenters. The third-order valence-electron chi connectivity index (χ3n) is 4.23. The van der Waals surface area contributed by atoms with Crippen LogP contribution in [0.4, 0.5) is 4.79 Å². The van der Waals surface area contributed by atoms with E-state index in [1.54, 1.807) is 0 Å². The maximum atomic E-state index is 12.4. The zero-order valence-corrected chi connectivity index (χ0v) is 17.1. The number of imide groups is 1. The van der Waals surface area contributed by atoms with Gasteiger partial charge in [0, 0.05) is 12.1 Å². The van der Waals surface area contributed by atoms with Gasteiger partial charge in [-0.25, -0.2) is 19.3 Å². The number of carbonyl (C=O) groups excluding carboxylic acids is 3. The zero-order chi connectivity index (χ0) is 22.1. The van der Waals surface area contributed by atoms with Crippen molar-refractivity contribution in [2.75, 3.05) is 13.2 Å². The van der Waals surface area contributed by atoms with Gasteiger partial charge in [-0.15, -0.1) is 5.10 Å². The minimum atomic E-state index is -0.867. The highest BCUT2D eigenvalue weighted by Gasteiger charge is 2.21. The summed E-state index contributed by atoms with van der Waals surface area (Å²) < 4.78 is 6.52. The highest BCUT2D eigenvalue weighted by atomic mass is 16.5. The molecular formula is C22H23N5O4. The van der Waals surface area contributed by atoms with Gasteiger partial charge in [0.25, 0.3) is 11.7 Å². The summed E-state index contributed by atoms with van der Waals surface area (Å²) in [7, 11) is 0. The van der Waals surface area contributed by atoms with E-state index < -0.39 is 24.5 Å². The number of rotatable bonds is 8. The monoisotopic (exact) mass is 421 g/mol. The molecule has 3 amide bonds. The second kappa shape index (κ2) is 10.7. The normalized spacial score (nSPS) is 10.4. The van der Waals surface area contributed by atoms with Gasteiger partial charge in [0.05, 0.1) is 5.69 Å². The Balaban J connectivity index is 1.70. The molecule has 0 aliphatic rings. The summed E-state index contributed by atoms with van der Waals surface area (Å²) in [4.78, 5) is 40.2. The van der Waals surface area contributed by atoms with Crippen LogP contribution in [0, 0.1) is 0 Å². The molecule has 2 aromatic carbocycles. The predicted octanol–water partition coefficient (Wildman–Crippen LogP) is 2.72. The van der Waals surface area contributed by atoms with E-state index in [9.17, 15) is 14.4 Å². The van der Waals surface area contributed by atoms with Crippen LogP contribution in [0.15, 0.2) is 60.7 Å². The highest BCUT2D eigenvalue weighted by Crippen LogP contribution is 2.21. The molecule has 0 bridgehead atoms. The van der Waals surface area contributed by atoms with Gasteiger partial charge in [-0.3, -0.25) is 10.1 Å². The van der Waals surface area contributed by atoms with Gasteiger partial charge in [-0.2, -0.15) is 0 Å². The van der Waals surface area contributed by atoms with Crippen LogP contribution in [-0.4, -0.2) is 45.8 Å².